The number of nitrogens with one attached hydrogen (secondary N) is 1. The second kappa shape index (κ2) is 7.46. The summed E-state index contributed by atoms with van der Waals surface area (Å²) >= 11 is 0. The lowest BCUT2D eigenvalue weighted by Crippen LogP contribution is -2.39. The van der Waals surface area contributed by atoms with Crippen LogP contribution in [0.15, 0.2) is 0 Å². The van der Waals surface area contributed by atoms with Gasteiger partial charge in [-0.1, -0.05) is 6.92 Å². The molecule has 108 valence electrons. The lowest BCUT2D eigenvalue weighted by atomic mass is 9.93. The van der Waals surface area contributed by atoms with Gasteiger partial charge in [0, 0.05) is 19.1 Å². The summed E-state index contributed by atoms with van der Waals surface area (Å²) in [7, 11) is -2.99. The zero-order valence-electron chi connectivity index (χ0n) is 12.0. The molecule has 2 atom stereocenters. The van der Waals surface area contributed by atoms with Gasteiger partial charge in [-0.2, -0.15) is 0 Å². The first-order valence-electron chi connectivity index (χ1n) is 7.12. The number of rotatable bonds is 7. The van der Waals surface area contributed by atoms with Gasteiger partial charge in [-0.05, 0) is 51.5 Å². The van der Waals surface area contributed by atoms with E-state index >= 15 is 0 Å². The molecule has 4 nitrogen and oxygen atoms in total. The van der Waals surface area contributed by atoms with Crippen molar-refractivity contribution in [2.24, 2.45) is 5.92 Å². The van der Waals surface area contributed by atoms with Gasteiger partial charge in [-0.3, -0.25) is 0 Å². The minimum atomic E-state index is -2.99. The largest absolute Gasteiger partial charge is 0.314 e. The summed E-state index contributed by atoms with van der Waals surface area (Å²) in [5.74, 6) is 0.541. The highest BCUT2D eigenvalue weighted by Gasteiger charge is 2.25. The van der Waals surface area contributed by atoms with Crippen LogP contribution in [0.1, 0.15) is 46.0 Å². The molecule has 1 heterocycles. The number of nitrogens with zero attached hydrogens (tertiary/aromatic N) is 1. The standard InChI is InChI=1S/C13H28N2O2S/c1-4-9-14-12(2)7-8-13-6-5-10-15(11-13)18(3,16)17/h12-14H,4-11H2,1-3H3. The second-order valence-electron chi connectivity index (χ2n) is 5.56. The molecule has 18 heavy (non-hydrogen) atoms. The van der Waals surface area contributed by atoms with Crippen LogP contribution < -0.4 is 5.32 Å². The minimum Gasteiger partial charge on any atom is -0.314 e. The molecule has 0 saturated carbocycles. The molecule has 0 aromatic carbocycles. The van der Waals surface area contributed by atoms with E-state index in [1.54, 1.807) is 4.31 Å². The van der Waals surface area contributed by atoms with E-state index in [0.29, 0.717) is 18.5 Å². The quantitative estimate of drug-likeness (QED) is 0.772. The molecule has 0 amide bonds. The molecular formula is C13H28N2O2S. The Labute approximate surface area is 112 Å². The van der Waals surface area contributed by atoms with Crippen LogP contribution in [0.4, 0.5) is 0 Å². The molecule has 2 unspecified atom stereocenters. The Morgan fingerprint density at radius 3 is 2.78 bits per heavy atom. The maximum atomic E-state index is 11.5. The first-order chi connectivity index (χ1) is 8.43. The van der Waals surface area contributed by atoms with Crippen LogP contribution in [-0.4, -0.2) is 44.7 Å². The van der Waals surface area contributed by atoms with Crippen LogP contribution in [0, 0.1) is 5.92 Å². The van der Waals surface area contributed by atoms with Crippen molar-refractivity contribution in [3.8, 4) is 0 Å². The fourth-order valence-corrected chi connectivity index (χ4v) is 3.48. The third-order valence-corrected chi connectivity index (χ3v) is 4.97. The van der Waals surface area contributed by atoms with Gasteiger partial charge >= 0.3 is 0 Å². The van der Waals surface area contributed by atoms with Crippen molar-refractivity contribution in [2.45, 2.75) is 52.0 Å². The van der Waals surface area contributed by atoms with Crippen molar-refractivity contribution in [1.82, 2.24) is 9.62 Å². The zero-order chi connectivity index (χ0) is 13.6. The first kappa shape index (κ1) is 15.9. The normalized spacial score (nSPS) is 24.1. The van der Waals surface area contributed by atoms with E-state index in [0.717, 1.165) is 38.8 Å². The molecule has 0 aromatic rings. The van der Waals surface area contributed by atoms with E-state index in [9.17, 15) is 8.42 Å². The van der Waals surface area contributed by atoms with Gasteiger partial charge in [-0.15, -0.1) is 0 Å². The van der Waals surface area contributed by atoms with Crippen LogP contribution in [0.25, 0.3) is 0 Å². The zero-order valence-corrected chi connectivity index (χ0v) is 12.8. The molecule has 1 aliphatic rings. The maximum absolute atomic E-state index is 11.5. The van der Waals surface area contributed by atoms with E-state index in [1.807, 2.05) is 0 Å². The van der Waals surface area contributed by atoms with Crippen LogP contribution in [0.5, 0.6) is 0 Å². The highest BCUT2D eigenvalue weighted by atomic mass is 32.2. The summed E-state index contributed by atoms with van der Waals surface area (Å²) in [4.78, 5) is 0. The SMILES string of the molecule is CCCNC(C)CCC1CCCN(S(C)(=O)=O)C1. The maximum Gasteiger partial charge on any atom is 0.211 e. The number of piperidine rings is 1. The minimum absolute atomic E-state index is 0.540. The average Bonchev–Trinajstić information content (AvgIpc) is 2.33. The monoisotopic (exact) mass is 276 g/mol. The number of hydrogen-bond acceptors (Lipinski definition) is 3. The summed E-state index contributed by atoms with van der Waals surface area (Å²) in [5.41, 5.74) is 0. The summed E-state index contributed by atoms with van der Waals surface area (Å²) in [5, 5.41) is 3.48. The van der Waals surface area contributed by atoms with Gasteiger partial charge in [0.25, 0.3) is 0 Å². The van der Waals surface area contributed by atoms with Crippen molar-refractivity contribution < 1.29 is 8.42 Å². The number of hydrogen-bond donors (Lipinski definition) is 1. The van der Waals surface area contributed by atoms with Crippen molar-refractivity contribution in [3.63, 3.8) is 0 Å². The van der Waals surface area contributed by atoms with Crippen LogP contribution in [0.3, 0.4) is 0 Å². The van der Waals surface area contributed by atoms with E-state index in [2.05, 4.69) is 19.2 Å². The van der Waals surface area contributed by atoms with E-state index in [1.165, 1.54) is 12.7 Å². The Balaban J connectivity index is 2.30. The topological polar surface area (TPSA) is 49.4 Å². The summed E-state index contributed by atoms with van der Waals surface area (Å²) < 4.78 is 24.7. The van der Waals surface area contributed by atoms with Crippen LogP contribution in [0.2, 0.25) is 0 Å². The van der Waals surface area contributed by atoms with Crippen LogP contribution >= 0.6 is 0 Å². The molecule has 1 rings (SSSR count). The van der Waals surface area contributed by atoms with Gasteiger partial charge in [-0.25, -0.2) is 12.7 Å². The van der Waals surface area contributed by atoms with Gasteiger partial charge < -0.3 is 5.32 Å². The third kappa shape index (κ3) is 5.67. The third-order valence-electron chi connectivity index (χ3n) is 3.70. The Hall–Kier alpha value is -0.130. The summed E-state index contributed by atoms with van der Waals surface area (Å²) in [6.07, 6.45) is 6.93. The molecule has 0 aliphatic carbocycles. The molecule has 5 heteroatoms. The van der Waals surface area contributed by atoms with Gasteiger partial charge in [0.05, 0.1) is 6.26 Å². The predicted molar refractivity (Wildman–Crippen MR) is 76.1 cm³/mol. The average molecular weight is 276 g/mol. The fourth-order valence-electron chi connectivity index (χ4n) is 2.54. The lowest BCUT2D eigenvalue weighted by Gasteiger charge is -2.31. The Bertz CT molecular complexity index is 330. The highest BCUT2D eigenvalue weighted by molar-refractivity contribution is 7.88. The Morgan fingerprint density at radius 2 is 2.17 bits per heavy atom. The van der Waals surface area contributed by atoms with Crippen molar-refractivity contribution in [1.29, 1.82) is 0 Å². The second-order valence-corrected chi connectivity index (χ2v) is 7.54. The predicted octanol–water partition coefficient (Wildman–Crippen LogP) is 1.83. The van der Waals surface area contributed by atoms with Crippen molar-refractivity contribution >= 4 is 10.0 Å². The Morgan fingerprint density at radius 1 is 1.44 bits per heavy atom. The summed E-state index contributed by atoms with van der Waals surface area (Å²) in [6.45, 7) is 6.89. The molecular weight excluding hydrogens is 248 g/mol. The molecule has 1 fully saturated rings. The molecule has 1 N–H and O–H groups in total. The van der Waals surface area contributed by atoms with E-state index in [4.69, 9.17) is 0 Å². The molecule has 0 bridgehead atoms. The van der Waals surface area contributed by atoms with E-state index < -0.39 is 10.0 Å². The van der Waals surface area contributed by atoms with Gasteiger partial charge in [0.15, 0.2) is 0 Å². The molecule has 0 aromatic heterocycles. The van der Waals surface area contributed by atoms with Crippen molar-refractivity contribution in [3.05, 3.63) is 0 Å². The highest BCUT2D eigenvalue weighted by Crippen LogP contribution is 2.23. The van der Waals surface area contributed by atoms with Gasteiger partial charge in [0.2, 0.25) is 10.0 Å². The first-order valence-corrected chi connectivity index (χ1v) is 8.96. The molecule has 0 spiro atoms. The lowest BCUT2D eigenvalue weighted by molar-refractivity contribution is 0.248. The van der Waals surface area contributed by atoms with Crippen LogP contribution in [-0.2, 0) is 10.0 Å². The van der Waals surface area contributed by atoms with Gasteiger partial charge in [0.1, 0.15) is 0 Å². The number of sulfonamides is 1. The van der Waals surface area contributed by atoms with E-state index in [-0.39, 0.29) is 0 Å². The molecule has 0 radical (unpaired) electrons. The van der Waals surface area contributed by atoms with Crippen molar-refractivity contribution in [2.75, 3.05) is 25.9 Å². The molecule has 1 saturated heterocycles. The molecule has 1 aliphatic heterocycles. The Kier molecular flexibility index (Phi) is 6.60. The fraction of sp³-hybridized carbons (Fsp3) is 1.00. The summed E-state index contributed by atoms with van der Waals surface area (Å²) in [6, 6.07) is 0.540. The smallest absolute Gasteiger partial charge is 0.211 e.